The first-order valence-electron chi connectivity index (χ1n) is 8.84. The summed E-state index contributed by atoms with van der Waals surface area (Å²) in [5.74, 6) is 0.192. The molecule has 2 heterocycles. The number of piperidine rings is 1. The van der Waals surface area contributed by atoms with Crippen molar-refractivity contribution in [3.8, 4) is 0 Å². The lowest BCUT2D eigenvalue weighted by atomic mass is 10.0. The summed E-state index contributed by atoms with van der Waals surface area (Å²) < 4.78 is 26.4. The van der Waals surface area contributed by atoms with Crippen molar-refractivity contribution in [1.82, 2.24) is 9.21 Å². The second-order valence-corrected chi connectivity index (χ2v) is 8.57. The second kappa shape index (κ2) is 8.29. The van der Waals surface area contributed by atoms with Crippen LogP contribution in [0.15, 0.2) is 0 Å². The number of carbonyl (C=O) groups is 1. The maximum absolute atomic E-state index is 12.9. The van der Waals surface area contributed by atoms with E-state index in [4.69, 9.17) is 0 Å². The van der Waals surface area contributed by atoms with Gasteiger partial charge < -0.3 is 4.90 Å². The molecule has 5 nitrogen and oxygen atoms in total. The highest BCUT2D eigenvalue weighted by molar-refractivity contribution is 7.89. The van der Waals surface area contributed by atoms with Gasteiger partial charge in [-0.15, -0.1) is 0 Å². The highest BCUT2D eigenvalue weighted by Gasteiger charge is 2.38. The fraction of sp³-hybridized carbons (Fsp3) is 0.938. The van der Waals surface area contributed by atoms with E-state index in [9.17, 15) is 13.2 Å². The summed E-state index contributed by atoms with van der Waals surface area (Å²) in [7, 11) is -3.30. The summed E-state index contributed by atoms with van der Waals surface area (Å²) in [6.45, 7) is 3.96. The Balaban J connectivity index is 2.10. The minimum atomic E-state index is -3.30. The Kier molecular flexibility index (Phi) is 6.68. The molecule has 0 aliphatic carbocycles. The predicted octanol–water partition coefficient (Wildman–Crippen LogP) is 2.37. The van der Waals surface area contributed by atoms with Gasteiger partial charge >= 0.3 is 0 Å². The molecule has 2 fully saturated rings. The summed E-state index contributed by atoms with van der Waals surface area (Å²) in [4.78, 5) is 14.8. The molecule has 0 saturated carbocycles. The summed E-state index contributed by atoms with van der Waals surface area (Å²) >= 11 is 0. The molecule has 1 atom stereocenters. The van der Waals surface area contributed by atoms with Crippen LogP contribution in [0.25, 0.3) is 0 Å². The van der Waals surface area contributed by atoms with Crippen molar-refractivity contribution in [2.75, 3.05) is 25.4 Å². The fourth-order valence-electron chi connectivity index (χ4n) is 3.54. The van der Waals surface area contributed by atoms with Crippen LogP contribution >= 0.6 is 0 Å². The van der Waals surface area contributed by atoms with E-state index in [-0.39, 0.29) is 11.7 Å². The van der Waals surface area contributed by atoms with Crippen molar-refractivity contribution < 1.29 is 13.2 Å². The lowest BCUT2D eigenvalue weighted by Crippen LogP contribution is -2.53. The van der Waals surface area contributed by atoms with Crippen molar-refractivity contribution >= 4 is 15.9 Å². The van der Waals surface area contributed by atoms with E-state index < -0.39 is 16.1 Å². The third-order valence-corrected chi connectivity index (χ3v) is 6.80. The van der Waals surface area contributed by atoms with Crippen molar-refractivity contribution in [1.29, 1.82) is 0 Å². The smallest absolute Gasteiger partial charge is 0.241 e. The minimum Gasteiger partial charge on any atom is -0.341 e. The van der Waals surface area contributed by atoms with E-state index >= 15 is 0 Å². The highest BCUT2D eigenvalue weighted by atomic mass is 32.2. The molecule has 2 rings (SSSR count). The Bertz CT molecular complexity index is 456. The summed E-state index contributed by atoms with van der Waals surface area (Å²) in [5.41, 5.74) is 0. The second-order valence-electron chi connectivity index (χ2n) is 6.53. The molecule has 2 aliphatic heterocycles. The van der Waals surface area contributed by atoms with Crippen LogP contribution < -0.4 is 0 Å². The average molecular weight is 330 g/mol. The van der Waals surface area contributed by atoms with Gasteiger partial charge in [0.05, 0.1) is 5.75 Å². The van der Waals surface area contributed by atoms with Crippen LogP contribution in [0.2, 0.25) is 0 Å². The first kappa shape index (κ1) is 17.7. The van der Waals surface area contributed by atoms with Crippen LogP contribution in [0.3, 0.4) is 0 Å². The Hall–Kier alpha value is -0.620. The highest BCUT2D eigenvalue weighted by Crippen LogP contribution is 2.24. The van der Waals surface area contributed by atoms with Crippen molar-refractivity contribution in [3.63, 3.8) is 0 Å². The molecule has 1 unspecified atom stereocenters. The van der Waals surface area contributed by atoms with Gasteiger partial charge in [-0.25, -0.2) is 8.42 Å². The van der Waals surface area contributed by atoms with Crippen LogP contribution in [-0.4, -0.2) is 55.0 Å². The Labute approximate surface area is 135 Å². The number of carbonyl (C=O) groups excluding carboxylic acids is 1. The van der Waals surface area contributed by atoms with Crippen LogP contribution in [0.1, 0.15) is 64.7 Å². The standard InChI is InChI=1S/C16H30N2O3S/c1-2-14-22(20,21)18-13-9-6-10-15(18)16(19)17-11-7-4-3-5-8-12-17/h15H,2-14H2,1H3. The topological polar surface area (TPSA) is 57.7 Å². The summed E-state index contributed by atoms with van der Waals surface area (Å²) in [6.07, 6.45) is 8.78. The molecule has 2 saturated heterocycles. The zero-order valence-electron chi connectivity index (χ0n) is 13.8. The molecule has 0 aromatic heterocycles. The van der Waals surface area contributed by atoms with Gasteiger partial charge in [0.2, 0.25) is 15.9 Å². The minimum absolute atomic E-state index is 0.0429. The van der Waals surface area contributed by atoms with Crippen LogP contribution in [-0.2, 0) is 14.8 Å². The molecule has 0 bridgehead atoms. The lowest BCUT2D eigenvalue weighted by Gasteiger charge is -2.37. The molecule has 0 N–H and O–H groups in total. The first-order valence-corrected chi connectivity index (χ1v) is 10.5. The predicted molar refractivity (Wildman–Crippen MR) is 88.1 cm³/mol. The van der Waals surface area contributed by atoms with Gasteiger partial charge in [0.15, 0.2) is 0 Å². The zero-order chi connectivity index (χ0) is 16.0. The van der Waals surface area contributed by atoms with E-state index in [2.05, 4.69) is 0 Å². The Morgan fingerprint density at radius 3 is 2.18 bits per heavy atom. The average Bonchev–Trinajstić information content (AvgIpc) is 2.46. The molecule has 2 aliphatic rings. The summed E-state index contributed by atoms with van der Waals surface area (Å²) in [5, 5.41) is 0. The number of nitrogens with zero attached hydrogens (tertiary/aromatic N) is 2. The SMILES string of the molecule is CCCS(=O)(=O)N1CCCCC1C(=O)N1CCCCCCC1. The van der Waals surface area contributed by atoms with Crippen molar-refractivity contribution in [3.05, 3.63) is 0 Å². The number of sulfonamides is 1. The molecule has 0 spiro atoms. The van der Waals surface area contributed by atoms with E-state index in [0.29, 0.717) is 19.4 Å². The molecule has 0 radical (unpaired) electrons. The number of hydrogen-bond donors (Lipinski definition) is 0. The maximum Gasteiger partial charge on any atom is 0.241 e. The van der Waals surface area contributed by atoms with Crippen molar-refractivity contribution in [2.24, 2.45) is 0 Å². The fourth-order valence-corrected chi connectivity index (χ4v) is 5.28. The molecular weight excluding hydrogens is 300 g/mol. The zero-order valence-corrected chi connectivity index (χ0v) is 14.6. The molecular formula is C16H30N2O3S. The van der Waals surface area contributed by atoms with Gasteiger partial charge in [-0.3, -0.25) is 4.79 Å². The normalized spacial score (nSPS) is 25.5. The maximum atomic E-state index is 12.9. The van der Waals surface area contributed by atoms with E-state index in [0.717, 1.165) is 38.8 Å². The van der Waals surface area contributed by atoms with Crippen LogP contribution in [0.4, 0.5) is 0 Å². The number of amides is 1. The lowest BCUT2D eigenvalue weighted by molar-refractivity contribution is -0.136. The van der Waals surface area contributed by atoms with Gasteiger partial charge in [0.25, 0.3) is 0 Å². The summed E-state index contributed by atoms with van der Waals surface area (Å²) in [6, 6.07) is -0.454. The van der Waals surface area contributed by atoms with Gasteiger partial charge in [-0.2, -0.15) is 4.31 Å². The largest absolute Gasteiger partial charge is 0.341 e. The van der Waals surface area contributed by atoms with E-state index in [1.165, 1.54) is 23.6 Å². The monoisotopic (exact) mass is 330 g/mol. The molecule has 0 aromatic rings. The Morgan fingerprint density at radius 2 is 1.55 bits per heavy atom. The van der Waals surface area contributed by atoms with E-state index in [1.807, 2.05) is 11.8 Å². The molecule has 22 heavy (non-hydrogen) atoms. The quantitative estimate of drug-likeness (QED) is 0.795. The van der Waals surface area contributed by atoms with Gasteiger partial charge in [-0.05, 0) is 32.1 Å². The number of likely N-dealkylation sites (tertiary alicyclic amines) is 1. The third-order valence-electron chi connectivity index (χ3n) is 4.73. The van der Waals surface area contributed by atoms with Gasteiger partial charge in [-0.1, -0.05) is 32.6 Å². The third kappa shape index (κ3) is 4.44. The molecule has 0 aromatic carbocycles. The molecule has 6 heteroatoms. The first-order chi connectivity index (χ1) is 10.6. The number of rotatable bonds is 4. The van der Waals surface area contributed by atoms with Crippen LogP contribution in [0.5, 0.6) is 0 Å². The van der Waals surface area contributed by atoms with Gasteiger partial charge in [0, 0.05) is 19.6 Å². The molecule has 1 amide bonds. The van der Waals surface area contributed by atoms with Gasteiger partial charge in [0.1, 0.15) is 6.04 Å². The van der Waals surface area contributed by atoms with Crippen LogP contribution in [0, 0.1) is 0 Å². The van der Waals surface area contributed by atoms with Crippen molar-refractivity contribution in [2.45, 2.75) is 70.8 Å². The number of hydrogen-bond acceptors (Lipinski definition) is 3. The molecule has 128 valence electrons. The Morgan fingerprint density at radius 1 is 0.955 bits per heavy atom. The van der Waals surface area contributed by atoms with E-state index in [1.54, 1.807) is 0 Å².